The third-order valence-corrected chi connectivity index (χ3v) is 4.97. The molecule has 1 aromatic heterocycles. The van der Waals surface area contributed by atoms with Crippen molar-refractivity contribution in [2.75, 3.05) is 0 Å². The van der Waals surface area contributed by atoms with E-state index < -0.39 is 0 Å². The van der Waals surface area contributed by atoms with Crippen LogP contribution >= 0.6 is 11.6 Å². The van der Waals surface area contributed by atoms with Crippen LogP contribution in [0.5, 0.6) is 0 Å². The SMILES string of the molecule is Clc1ccc(-c2nc(C3C=CC=CC3)nc(C3CC=CCC3)n2)cc1. The van der Waals surface area contributed by atoms with Crippen LogP contribution in [-0.2, 0) is 0 Å². The Morgan fingerprint density at radius 2 is 1.68 bits per heavy atom. The molecule has 0 saturated carbocycles. The number of hydrogen-bond acceptors (Lipinski definition) is 3. The van der Waals surface area contributed by atoms with Crippen LogP contribution in [0.15, 0.2) is 60.7 Å². The summed E-state index contributed by atoms with van der Waals surface area (Å²) in [6.07, 6.45) is 17.1. The van der Waals surface area contributed by atoms with Gasteiger partial charge in [-0.3, -0.25) is 0 Å². The smallest absolute Gasteiger partial charge is 0.163 e. The van der Waals surface area contributed by atoms with Gasteiger partial charge in [-0.1, -0.05) is 48.1 Å². The molecule has 0 saturated heterocycles. The lowest BCUT2D eigenvalue weighted by molar-refractivity contribution is 0.570. The maximum atomic E-state index is 6.03. The van der Waals surface area contributed by atoms with Gasteiger partial charge in [0.1, 0.15) is 11.6 Å². The van der Waals surface area contributed by atoms with Crippen molar-refractivity contribution in [1.82, 2.24) is 15.0 Å². The van der Waals surface area contributed by atoms with Crippen molar-refractivity contribution >= 4 is 11.6 Å². The fourth-order valence-electron chi connectivity index (χ4n) is 3.29. The molecular weight excluding hydrogens is 330 g/mol. The first-order valence-electron chi connectivity index (χ1n) is 8.80. The molecule has 1 aromatic carbocycles. The Balaban J connectivity index is 1.76. The zero-order valence-corrected chi connectivity index (χ0v) is 14.7. The van der Waals surface area contributed by atoms with Gasteiger partial charge >= 0.3 is 0 Å². The summed E-state index contributed by atoms with van der Waals surface area (Å²) in [6.45, 7) is 0. The molecule has 0 N–H and O–H groups in total. The summed E-state index contributed by atoms with van der Waals surface area (Å²) in [5, 5.41) is 0.719. The number of halogens is 1. The standard InChI is InChI=1S/C21H20ClN3/c22-18-13-11-17(12-14-18)21-24-19(15-7-3-1-4-8-15)23-20(25-21)16-9-5-2-6-10-16/h1-5,7,11-16H,6,8-10H2. The Labute approximate surface area is 153 Å². The number of hydrogen-bond donors (Lipinski definition) is 0. The summed E-state index contributed by atoms with van der Waals surface area (Å²) in [4.78, 5) is 14.5. The second-order valence-electron chi connectivity index (χ2n) is 6.52. The van der Waals surface area contributed by atoms with Gasteiger partial charge in [0.25, 0.3) is 0 Å². The third kappa shape index (κ3) is 3.72. The first-order chi connectivity index (χ1) is 12.3. The van der Waals surface area contributed by atoms with Crippen molar-refractivity contribution in [3.8, 4) is 11.4 Å². The van der Waals surface area contributed by atoms with Crippen molar-refractivity contribution in [2.45, 2.75) is 37.5 Å². The molecular formula is C21H20ClN3. The van der Waals surface area contributed by atoms with E-state index in [2.05, 4.69) is 36.5 Å². The molecule has 0 radical (unpaired) electrons. The first kappa shape index (κ1) is 16.2. The number of benzene rings is 1. The Bertz CT molecular complexity index is 837. The van der Waals surface area contributed by atoms with E-state index in [4.69, 9.17) is 26.6 Å². The van der Waals surface area contributed by atoms with Gasteiger partial charge in [0.05, 0.1) is 0 Å². The Kier molecular flexibility index (Phi) is 4.75. The fourth-order valence-corrected chi connectivity index (χ4v) is 3.41. The molecule has 2 aliphatic rings. The maximum Gasteiger partial charge on any atom is 0.163 e. The third-order valence-electron chi connectivity index (χ3n) is 4.72. The quantitative estimate of drug-likeness (QED) is 0.675. The van der Waals surface area contributed by atoms with Gasteiger partial charge in [-0.15, -0.1) is 0 Å². The number of allylic oxidation sites excluding steroid dienone is 6. The molecule has 0 amide bonds. The lowest BCUT2D eigenvalue weighted by Crippen LogP contribution is -2.13. The number of rotatable bonds is 3. The largest absolute Gasteiger partial charge is 0.217 e. The normalized spacial score (nSPS) is 22.3. The fraction of sp³-hybridized carbons (Fsp3) is 0.286. The summed E-state index contributed by atoms with van der Waals surface area (Å²) < 4.78 is 0. The molecule has 0 spiro atoms. The van der Waals surface area contributed by atoms with E-state index in [9.17, 15) is 0 Å². The zero-order chi connectivity index (χ0) is 17.1. The number of nitrogens with zero attached hydrogens (tertiary/aromatic N) is 3. The molecule has 0 aliphatic heterocycles. The van der Waals surface area contributed by atoms with Crippen molar-refractivity contribution in [1.29, 1.82) is 0 Å². The van der Waals surface area contributed by atoms with E-state index in [0.717, 1.165) is 53.7 Å². The van der Waals surface area contributed by atoms with Gasteiger partial charge in [-0.2, -0.15) is 0 Å². The van der Waals surface area contributed by atoms with Crippen LogP contribution in [-0.4, -0.2) is 15.0 Å². The minimum Gasteiger partial charge on any atom is -0.217 e. The van der Waals surface area contributed by atoms with Gasteiger partial charge < -0.3 is 0 Å². The molecule has 0 bridgehead atoms. The highest BCUT2D eigenvalue weighted by atomic mass is 35.5. The highest BCUT2D eigenvalue weighted by Gasteiger charge is 2.21. The number of aromatic nitrogens is 3. The van der Waals surface area contributed by atoms with E-state index in [1.54, 1.807) is 0 Å². The van der Waals surface area contributed by atoms with Crippen molar-refractivity contribution in [3.63, 3.8) is 0 Å². The first-order valence-corrected chi connectivity index (χ1v) is 9.17. The minimum atomic E-state index is 0.219. The zero-order valence-electron chi connectivity index (χ0n) is 14.0. The highest BCUT2D eigenvalue weighted by Crippen LogP contribution is 2.30. The predicted molar refractivity (Wildman–Crippen MR) is 102 cm³/mol. The van der Waals surface area contributed by atoms with Crippen molar-refractivity contribution < 1.29 is 0 Å². The van der Waals surface area contributed by atoms with E-state index in [-0.39, 0.29) is 5.92 Å². The summed E-state index contributed by atoms with van der Waals surface area (Å²) in [5.74, 6) is 3.12. The molecule has 2 aliphatic carbocycles. The highest BCUT2D eigenvalue weighted by molar-refractivity contribution is 6.30. The second kappa shape index (κ2) is 7.32. The van der Waals surface area contributed by atoms with Crippen LogP contribution < -0.4 is 0 Å². The Hall–Kier alpha value is -2.26. The Morgan fingerprint density at radius 3 is 2.40 bits per heavy atom. The van der Waals surface area contributed by atoms with Crippen LogP contribution in [0.2, 0.25) is 5.02 Å². The summed E-state index contributed by atoms with van der Waals surface area (Å²) in [7, 11) is 0. The van der Waals surface area contributed by atoms with Crippen molar-refractivity contribution in [3.05, 3.63) is 77.4 Å². The van der Waals surface area contributed by atoms with Crippen LogP contribution in [0.4, 0.5) is 0 Å². The van der Waals surface area contributed by atoms with Crippen molar-refractivity contribution in [2.24, 2.45) is 0 Å². The predicted octanol–water partition coefficient (Wildman–Crippen LogP) is 5.62. The molecule has 2 atom stereocenters. The Morgan fingerprint density at radius 1 is 0.840 bits per heavy atom. The molecule has 4 rings (SSSR count). The van der Waals surface area contributed by atoms with Crippen LogP contribution in [0.25, 0.3) is 11.4 Å². The molecule has 2 aromatic rings. The average molecular weight is 350 g/mol. The van der Waals surface area contributed by atoms with E-state index in [1.807, 2.05) is 24.3 Å². The second-order valence-corrected chi connectivity index (χ2v) is 6.96. The molecule has 126 valence electrons. The summed E-state index contributed by atoms with van der Waals surface area (Å²) in [5.41, 5.74) is 0.982. The monoisotopic (exact) mass is 349 g/mol. The van der Waals surface area contributed by atoms with E-state index in [0.29, 0.717) is 5.92 Å². The van der Waals surface area contributed by atoms with E-state index >= 15 is 0 Å². The van der Waals surface area contributed by atoms with Gasteiger partial charge in [-0.05, 0) is 49.9 Å². The lowest BCUT2D eigenvalue weighted by Gasteiger charge is -2.19. The maximum absolute atomic E-state index is 6.03. The topological polar surface area (TPSA) is 38.7 Å². The van der Waals surface area contributed by atoms with Gasteiger partial charge in [0.15, 0.2) is 5.82 Å². The average Bonchev–Trinajstić information content (AvgIpc) is 2.69. The van der Waals surface area contributed by atoms with Gasteiger partial charge in [-0.25, -0.2) is 15.0 Å². The summed E-state index contributed by atoms with van der Waals surface area (Å²) >= 11 is 6.03. The summed E-state index contributed by atoms with van der Waals surface area (Å²) in [6, 6.07) is 7.71. The van der Waals surface area contributed by atoms with Crippen LogP contribution in [0.3, 0.4) is 0 Å². The molecule has 25 heavy (non-hydrogen) atoms. The molecule has 3 nitrogen and oxygen atoms in total. The van der Waals surface area contributed by atoms with Crippen LogP contribution in [0.1, 0.15) is 49.2 Å². The molecule has 4 heteroatoms. The lowest BCUT2D eigenvalue weighted by atomic mass is 9.93. The molecule has 1 heterocycles. The van der Waals surface area contributed by atoms with Gasteiger partial charge in [0.2, 0.25) is 0 Å². The van der Waals surface area contributed by atoms with Gasteiger partial charge in [0, 0.05) is 22.4 Å². The van der Waals surface area contributed by atoms with Crippen LogP contribution in [0, 0.1) is 0 Å². The molecule has 0 fully saturated rings. The molecule has 2 unspecified atom stereocenters. The minimum absolute atomic E-state index is 0.219. The van der Waals surface area contributed by atoms with E-state index in [1.165, 1.54) is 0 Å².